The van der Waals surface area contributed by atoms with Crippen LogP contribution in [0.4, 0.5) is 0 Å². The molecule has 1 saturated heterocycles. The molecule has 2 rings (SSSR count). The van der Waals surface area contributed by atoms with Crippen LogP contribution in [0.25, 0.3) is 0 Å². The first-order valence-corrected chi connectivity index (χ1v) is 10.6. The van der Waals surface area contributed by atoms with Crippen LogP contribution in [-0.4, -0.2) is 66.0 Å². The average Bonchev–Trinajstić information content (AvgIpc) is 2.90. The maximum atomic E-state index is 13.0. The Hall–Kier alpha value is -1.64. The molecule has 8 heteroatoms. The molecule has 0 spiro atoms. The van der Waals surface area contributed by atoms with E-state index in [9.17, 15) is 13.2 Å². The van der Waals surface area contributed by atoms with Crippen LogP contribution < -0.4 is 15.0 Å². The van der Waals surface area contributed by atoms with Gasteiger partial charge in [0, 0.05) is 13.1 Å². The average molecular weight is 385 g/mol. The number of sulfonamides is 1. The van der Waals surface area contributed by atoms with Gasteiger partial charge in [-0.2, -0.15) is 4.31 Å². The molecule has 0 radical (unpaired) electrons. The monoisotopic (exact) mass is 384 g/mol. The highest BCUT2D eigenvalue weighted by Gasteiger charge is 2.27. The van der Waals surface area contributed by atoms with Crippen molar-refractivity contribution < 1.29 is 22.8 Å². The molecule has 1 aliphatic rings. The van der Waals surface area contributed by atoms with E-state index >= 15 is 0 Å². The van der Waals surface area contributed by atoms with Crippen molar-refractivity contribution in [2.75, 3.05) is 47.4 Å². The Labute approximate surface area is 156 Å². The highest BCUT2D eigenvalue weighted by atomic mass is 32.2. The lowest BCUT2D eigenvalue weighted by atomic mass is 10.2. The van der Waals surface area contributed by atoms with E-state index in [1.807, 2.05) is 14.1 Å². The van der Waals surface area contributed by atoms with Crippen molar-refractivity contribution in [2.45, 2.75) is 30.6 Å². The summed E-state index contributed by atoms with van der Waals surface area (Å²) in [5, 5.41) is 2.83. The lowest BCUT2D eigenvalue weighted by molar-refractivity contribution is -0.856. The third kappa shape index (κ3) is 5.18. The Morgan fingerprint density at radius 3 is 2.42 bits per heavy atom. The fraction of sp³-hybridized carbons (Fsp3) is 0.611. The summed E-state index contributed by atoms with van der Waals surface area (Å²) in [6.07, 6.45) is 3.84. The number of ether oxygens (including phenoxy) is 1. The smallest absolute Gasteiger partial charge is 0.255 e. The predicted molar refractivity (Wildman–Crippen MR) is 100 cm³/mol. The Kier molecular flexibility index (Phi) is 7.43. The number of rotatable bonds is 7. The van der Waals surface area contributed by atoms with Gasteiger partial charge in [-0.3, -0.25) is 4.79 Å². The number of methoxy groups -OCH3 is 1. The number of nitrogens with one attached hydrogen (secondary N) is 2. The van der Waals surface area contributed by atoms with Crippen LogP contribution >= 0.6 is 0 Å². The summed E-state index contributed by atoms with van der Waals surface area (Å²) >= 11 is 0. The Morgan fingerprint density at radius 2 is 1.85 bits per heavy atom. The van der Waals surface area contributed by atoms with Gasteiger partial charge in [0.15, 0.2) is 0 Å². The largest absolute Gasteiger partial charge is 0.496 e. The lowest BCUT2D eigenvalue weighted by Crippen LogP contribution is -3.06. The minimum absolute atomic E-state index is 0.142. The lowest BCUT2D eigenvalue weighted by Gasteiger charge is -2.20. The third-order valence-corrected chi connectivity index (χ3v) is 6.42. The van der Waals surface area contributed by atoms with E-state index in [0.29, 0.717) is 25.4 Å². The van der Waals surface area contributed by atoms with Crippen LogP contribution in [0.2, 0.25) is 0 Å². The van der Waals surface area contributed by atoms with Gasteiger partial charge in [0.2, 0.25) is 10.0 Å². The van der Waals surface area contributed by atoms with Gasteiger partial charge in [0.1, 0.15) is 5.75 Å². The second-order valence-corrected chi connectivity index (χ2v) is 8.83. The summed E-state index contributed by atoms with van der Waals surface area (Å²) in [4.78, 5) is 13.9. The van der Waals surface area contributed by atoms with Gasteiger partial charge >= 0.3 is 0 Å². The molecule has 146 valence electrons. The van der Waals surface area contributed by atoms with Crippen LogP contribution in [0.1, 0.15) is 36.0 Å². The second kappa shape index (κ2) is 9.34. The number of quaternary nitrogens is 1. The minimum Gasteiger partial charge on any atom is -0.496 e. The van der Waals surface area contributed by atoms with Gasteiger partial charge in [0.25, 0.3) is 5.91 Å². The number of hydrogen-bond donors (Lipinski definition) is 2. The summed E-state index contributed by atoms with van der Waals surface area (Å²) in [7, 11) is 1.87. The maximum Gasteiger partial charge on any atom is 0.255 e. The summed E-state index contributed by atoms with van der Waals surface area (Å²) in [5.74, 6) is 0.0468. The zero-order valence-electron chi connectivity index (χ0n) is 15.9. The van der Waals surface area contributed by atoms with Crippen molar-refractivity contribution >= 4 is 15.9 Å². The van der Waals surface area contributed by atoms with E-state index in [4.69, 9.17) is 4.74 Å². The molecule has 1 fully saturated rings. The van der Waals surface area contributed by atoms with E-state index in [2.05, 4.69) is 5.32 Å². The molecule has 1 amide bonds. The number of hydrogen-bond acceptors (Lipinski definition) is 4. The van der Waals surface area contributed by atoms with Gasteiger partial charge in [0.05, 0.1) is 44.8 Å². The number of carbonyl (C=O) groups excluding carboxylic acids is 1. The highest BCUT2D eigenvalue weighted by Crippen LogP contribution is 2.26. The van der Waals surface area contributed by atoms with Crippen LogP contribution in [0.5, 0.6) is 5.75 Å². The van der Waals surface area contributed by atoms with Crippen molar-refractivity contribution in [3.8, 4) is 5.75 Å². The van der Waals surface area contributed by atoms with Crippen molar-refractivity contribution in [3.63, 3.8) is 0 Å². The highest BCUT2D eigenvalue weighted by molar-refractivity contribution is 7.89. The molecule has 0 unspecified atom stereocenters. The van der Waals surface area contributed by atoms with Crippen LogP contribution in [0.3, 0.4) is 0 Å². The van der Waals surface area contributed by atoms with Crippen molar-refractivity contribution in [2.24, 2.45) is 0 Å². The van der Waals surface area contributed by atoms with Gasteiger partial charge in [-0.25, -0.2) is 8.42 Å². The van der Waals surface area contributed by atoms with Crippen molar-refractivity contribution in [1.29, 1.82) is 0 Å². The number of likely N-dealkylation sites (N-methyl/N-ethyl adjacent to an activating group) is 1. The summed E-state index contributed by atoms with van der Waals surface area (Å²) in [6, 6.07) is 4.49. The molecule has 0 aliphatic carbocycles. The molecule has 2 N–H and O–H groups in total. The first-order valence-electron chi connectivity index (χ1n) is 9.11. The number of benzene rings is 1. The molecule has 0 bridgehead atoms. The minimum atomic E-state index is -3.61. The fourth-order valence-electron chi connectivity index (χ4n) is 2.98. The van der Waals surface area contributed by atoms with Gasteiger partial charge in [-0.15, -0.1) is 0 Å². The Balaban J connectivity index is 2.25. The molecule has 0 saturated carbocycles. The molecule has 0 atom stereocenters. The molecular formula is C18H30N3O4S+. The van der Waals surface area contributed by atoms with E-state index in [1.54, 1.807) is 6.07 Å². The number of amides is 1. The van der Waals surface area contributed by atoms with Crippen LogP contribution in [0, 0.1) is 0 Å². The second-order valence-electron chi connectivity index (χ2n) is 6.89. The topological polar surface area (TPSA) is 80.2 Å². The van der Waals surface area contributed by atoms with Gasteiger partial charge in [-0.05, 0) is 31.0 Å². The number of carbonyl (C=O) groups is 1. The first-order chi connectivity index (χ1) is 12.4. The fourth-order valence-corrected chi connectivity index (χ4v) is 4.52. The normalized spacial score (nSPS) is 16.3. The first kappa shape index (κ1) is 20.7. The molecular weight excluding hydrogens is 354 g/mol. The molecule has 26 heavy (non-hydrogen) atoms. The summed E-state index contributed by atoms with van der Waals surface area (Å²) in [5.41, 5.74) is 0.247. The van der Waals surface area contributed by atoms with Crippen LogP contribution in [0.15, 0.2) is 23.1 Å². The molecule has 0 aromatic heterocycles. The zero-order valence-corrected chi connectivity index (χ0v) is 16.7. The maximum absolute atomic E-state index is 13.0. The van der Waals surface area contributed by atoms with Crippen LogP contribution in [-0.2, 0) is 10.0 Å². The predicted octanol–water partition coefficient (Wildman–Crippen LogP) is 0.134. The van der Waals surface area contributed by atoms with Gasteiger partial charge in [-0.1, -0.05) is 12.8 Å². The van der Waals surface area contributed by atoms with Crippen molar-refractivity contribution in [3.05, 3.63) is 23.8 Å². The summed E-state index contributed by atoms with van der Waals surface area (Å²) < 4.78 is 32.7. The molecule has 1 aromatic carbocycles. The quantitative estimate of drug-likeness (QED) is 0.701. The molecule has 1 aromatic rings. The Bertz CT molecular complexity index is 711. The Morgan fingerprint density at radius 1 is 1.19 bits per heavy atom. The third-order valence-electron chi connectivity index (χ3n) is 4.53. The molecule has 7 nitrogen and oxygen atoms in total. The number of nitrogens with zero attached hydrogens (tertiary/aromatic N) is 1. The molecule has 1 aliphatic heterocycles. The molecule has 1 heterocycles. The van der Waals surface area contributed by atoms with E-state index in [-0.39, 0.29) is 16.4 Å². The van der Waals surface area contributed by atoms with Gasteiger partial charge < -0.3 is 15.0 Å². The van der Waals surface area contributed by atoms with E-state index < -0.39 is 10.0 Å². The van der Waals surface area contributed by atoms with Crippen molar-refractivity contribution in [1.82, 2.24) is 9.62 Å². The zero-order chi connectivity index (χ0) is 19.2. The SMILES string of the molecule is COc1ccc(S(=O)(=O)N2CCCCCC2)cc1C(=O)NCC[NH+](C)C. The standard InChI is InChI=1S/C18H29N3O4S/c1-20(2)13-10-19-18(22)16-14-15(8-9-17(16)25-3)26(23,24)21-11-6-4-5-7-12-21/h8-9,14H,4-7,10-13H2,1-3H3,(H,19,22)/p+1. The van der Waals surface area contributed by atoms with E-state index in [0.717, 1.165) is 32.2 Å². The van der Waals surface area contributed by atoms with E-state index in [1.165, 1.54) is 28.4 Å². The summed E-state index contributed by atoms with van der Waals surface area (Å²) in [6.45, 7) is 2.34.